The van der Waals surface area contributed by atoms with Gasteiger partial charge in [0.2, 0.25) is 0 Å². The Morgan fingerprint density at radius 1 is 1.04 bits per heavy atom. The molecule has 3 rings (SSSR count). The van der Waals surface area contributed by atoms with Gasteiger partial charge >= 0.3 is 0 Å². The number of hydrogen-bond acceptors (Lipinski definition) is 3. The molecule has 0 amide bonds. The Kier molecular flexibility index (Phi) is 5.86. The molecule has 1 aromatic heterocycles. The van der Waals surface area contributed by atoms with Crippen LogP contribution in [0.5, 0.6) is 0 Å². The summed E-state index contributed by atoms with van der Waals surface area (Å²) in [6.45, 7) is 7.27. The number of aromatic nitrogens is 2. The van der Waals surface area contributed by atoms with Crippen molar-refractivity contribution in [1.29, 1.82) is 0 Å². The summed E-state index contributed by atoms with van der Waals surface area (Å²) in [4.78, 5) is 21.9. The SMILES string of the molecule is CCN(CC)Cc1ccc(-c2nc(-c3ccccc3Cl)cc(=O)[nH]2)cc1. The van der Waals surface area contributed by atoms with Crippen LogP contribution >= 0.6 is 11.6 Å². The summed E-state index contributed by atoms with van der Waals surface area (Å²) in [6.07, 6.45) is 0. The topological polar surface area (TPSA) is 49.0 Å². The van der Waals surface area contributed by atoms with Crippen molar-refractivity contribution in [3.63, 3.8) is 0 Å². The maximum absolute atomic E-state index is 12.1. The van der Waals surface area contributed by atoms with Gasteiger partial charge in [-0.15, -0.1) is 0 Å². The summed E-state index contributed by atoms with van der Waals surface area (Å²) in [5.41, 5.74) is 3.24. The molecule has 26 heavy (non-hydrogen) atoms. The smallest absolute Gasteiger partial charge is 0.251 e. The van der Waals surface area contributed by atoms with E-state index < -0.39 is 0 Å². The normalized spacial score (nSPS) is 11.1. The van der Waals surface area contributed by atoms with Crippen LogP contribution in [-0.2, 0) is 6.54 Å². The molecule has 0 aliphatic carbocycles. The second-order valence-electron chi connectivity index (χ2n) is 6.12. The second-order valence-corrected chi connectivity index (χ2v) is 6.52. The third-order valence-corrected chi connectivity index (χ3v) is 4.75. The summed E-state index contributed by atoms with van der Waals surface area (Å²) in [5, 5.41) is 0.575. The highest BCUT2D eigenvalue weighted by molar-refractivity contribution is 6.33. The molecule has 0 fully saturated rings. The third-order valence-electron chi connectivity index (χ3n) is 4.42. The van der Waals surface area contributed by atoms with E-state index >= 15 is 0 Å². The van der Waals surface area contributed by atoms with Crippen LogP contribution in [0.4, 0.5) is 0 Å². The second kappa shape index (κ2) is 8.30. The van der Waals surface area contributed by atoms with Crippen molar-refractivity contribution < 1.29 is 0 Å². The lowest BCUT2D eigenvalue weighted by Gasteiger charge is -2.18. The van der Waals surface area contributed by atoms with Crippen molar-refractivity contribution in [2.75, 3.05) is 13.1 Å². The number of H-pyrrole nitrogens is 1. The van der Waals surface area contributed by atoms with Gasteiger partial charge in [-0.05, 0) is 24.7 Å². The fraction of sp³-hybridized carbons (Fsp3) is 0.238. The van der Waals surface area contributed by atoms with E-state index in [1.165, 1.54) is 11.6 Å². The molecule has 0 unspecified atom stereocenters. The molecule has 5 heteroatoms. The zero-order valence-electron chi connectivity index (χ0n) is 15.0. The lowest BCUT2D eigenvalue weighted by molar-refractivity contribution is 0.296. The first kappa shape index (κ1) is 18.4. The molecule has 0 radical (unpaired) electrons. The van der Waals surface area contributed by atoms with E-state index in [0.29, 0.717) is 16.5 Å². The van der Waals surface area contributed by atoms with Crippen LogP contribution in [0.3, 0.4) is 0 Å². The van der Waals surface area contributed by atoms with E-state index in [-0.39, 0.29) is 5.56 Å². The summed E-state index contributed by atoms with van der Waals surface area (Å²) in [5.74, 6) is 0.543. The molecule has 3 aromatic rings. The van der Waals surface area contributed by atoms with E-state index in [0.717, 1.165) is 30.8 Å². The Morgan fingerprint density at radius 2 is 1.73 bits per heavy atom. The minimum Gasteiger partial charge on any atom is -0.306 e. The van der Waals surface area contributed by atoms with Gasteiger partial charge in [0.1, 0.15) is 5.82 Å². The Morgan fingerprint density at radius 3 is 2.38 bits per heavy atom. The van der Waals surface area contributed by atoms with Crippen LogP contribution in [0.25, 0.3) is 22.6 Å². The Balaban J connectivity index is 1.92. The quantitative estimate of drug-likeness (QED) is 0.692. The van der Waals surface area contributed by atoms with E-state index in [1.807, 2.05) is 30.3 Å². The summed E-state index contributed by atoms with van der Waals surface area (Å²) in [6, 6.07) is 17.0. The van der Waals surface area contributed by atoms with Crippen LogP contribution in [0.2, 0.25) is 5.02 Å². The van der Waals surface area contributed by atoms with Gasteiger partial charge in [0.25, 0.3) is 5.56 Å². The van der Waals surface area contributed by atoms with E-state index in [4.69, 9.17) is 11.6 Å². The number of nitrogens with one attached hydrogen (secondary N) is 1. The van der Waals surface area contributed by atoms with Crippen molar-refractivity contribution in [1.82, 2.24) is 14.9 Å². The van der Waals surface area contributed by atoms with Crippen molar-refractivity contribution in [3.8, 4) is 22.6 Å². The number of halogens is 1. The number of benzene rings is 2. The van der Waals surface area contributed by atoms with Crippen molar-refractivity contribution >= 4 is 11.6 Å². The largest absolute Gasteiger partial charge is 0.306 e. The summed E-state index contributed by atoms with van der Waals surface area (Å²) >= 11 is 6.25. The summed E-state index contributed by atoms with van der Waals surface area (Å²) < 4.78 is 0. The molecule has 4 nitrogen and oxygen atoms in total. The number of aromatic amines is 1. The Hall–Kier alpha value is -2.43. The van der Waals surface area contributed by atoms with Gasteiger partial charge in [0.15, 0.2) is 0 Å². The van der Waals surface area contributed by atoms with Crippen LogP contribution in [0.1, 0.15) is 19.4 Å². The van der Waals surface area contributed by atoms with Crippen LogP contribution < -0.4 is 5.56 Å². The van der Waals surface area contributed by atoms with E-state index in [2.05, 4.69) is 40.8 Å². The summed E-state index contributed by atoms with van der Waals surface area (Å²) in [7, 11) is 0. The van der Waals surface area contributed by atoms with Crippen molar-refractivity contribution in [2.45, 2.75) is 20.4 Å². The highest BCUT2D eigenvalue weighted by Gasteiger charge is 2.09. The molecule has 0 spiro atoms. The van der Waals surface area contributed by atoms with Crippen molar-refractivity contribution in [3.05, 3.63) is 75.5 Å². The van der Waals surface area contributed by atoms with Gasteiger partial charge in [0.05, 0.1) is 5.69 Å². The highest BCUT2D eigenvalue weighted by Crippen LogP contribution is 2.26. The predicted octanol–water partition coefficient (Wildman–Crippen LogP) is 4.60. The highest BCUT2D eigenvalue weighted by atomic mass is 35.5. The van der Waals surface area contributed by atoms with Crippen LogP contribution in [0, 0.1) is 0 Å². The third kappa shape index (κ3) is 4.21. The fourth-order valence-corrected chi connectivity index (χ4v) is 3.11. The molecule has 1 heterocycles. The van der Waals surface area contributed by atoms with E-state index in [1.54, 1.807) is 6.07 Å². The monoisotopic (exact) mass is 367 g/mol. The molecular weight excluding hydrogens is 346 g/mol. The first-order valence-electron chi connectivity index (χ1n) is 8.78. The molecule has 0 aliphatic heterocycles. The van der Waals surface area contributed by atoms with E-state index in [9.17, 15) is 4.79 Å². The molecule has 1 N–H and O–H groups in total. The maximum Gasteiger partial charge on any atom is 0.251 e. The Bertz CT molecular complexity index is 930. The molecular formula is C21H22ClN3O. The van der Waals surface area contributed by atoms with Crippen molar-refractivity contribution in [2.24, 2.45) is 0 Å². The maximum atomic E-state index is 12.1. The standard InChI is InChI=1S/C21H22ClN3O/c1-3-25(4-2)14-15-9-11-16(12-10-15)21-23-19(13-20(26)24-21)17-7-5-6-8-18(17)22/h5-13H,3-4,14H2,1-2H3,(H,23,24,26). The molecule has 0 bridgehead atoms. The minimum absolute atomic E-state index is 0.197. The first-order chi connectivity index (χ1) is 12.6. The van der Waals surface area contributed by atoms with Gasteiger partial charge in [-0.1, -0.05) is 67.9 Å². The van der Waals surface area contributed by atoms with Crippen LogP contribution in [0.15, 0.2) is 59.4 Å². The zero-order valence-corrected chi connectivity index (χ0v) is 15.8. The predicted molar refractivity (Wildman–Crippen MR) is 107 cm³/mol. The minimum atomic E-state index is -0.197. The van der Waals surface area contributed by atoms with Gasteiger partial charge in [-0.3, -0.25) is 9.69 Å². The number of rotatable bonds is 6. The average Bonchev–Trinajstić information content (AvgIpc) is 2.66. The first-order valence-corrected chi connectivity index (χ1v) is 9.16. The fourth-order valence-electron chi connectivity index (χ4n) is 2.87. The van der Waals surface area contributed by atoms with Crippen LogP contribution in [-0.4, -0.2) is 28.0 Å². The molecule has 134 valence electrons. The molecule has 0 saturated carbocycles. The molecule has 0 aliphatic rings. The lowest BCUT2D eigenvalue weighted by Crippen LogP contribution is -2.21. The zero-order chi connectivity index (χ0) is 18.5. The lowest BCUT2D eigenvalue weighted by atomic mass is 10.1. The Labute approximate surface area is 158 Å². The molecule has 2 aromatic carbocycles. The van der Waals surface area contributed by atoms with Gasteiger partial charge in [-0.2, -0.15) is 0 Å². The molecule has 0 atom stereocenters. The van der Waals surface area contributed by atoms with Gasteiger partial charge < -0.3 is 4.98 Å². The van der Waals surface area contributed by atoms with Gasteiger partial charge in [-0.25, -0.2) is 4.98 Å². The molecule has 0 saturated heterocycles. The van der Waals surface area contributed by atoms with Gasteiger partial charge in [0, 0.05) is 28.8 Å². The number of nitrogens with zero attached hydrogens (tertiary/aromatic N) is 2. The number of hydrogen-bond donors (Lipinski definition) is 1. The average molecular weight is 368 g/mol.